The van der Waals surface area contributed by atoms with Crippen LogP contribution in [0.25, 0.3) is 16.6 Å². The predicted octanol–water partition coefficient (Wildman–Crippen LogP) is 3.31. The first-order valence-corrected chi connectivity index (χ1v) is 7.13. The Morgan fingerprint density at radius 1 is 1.47 bits per heavy atom. The van der Waals surface area contributed by atoms with E-state index in [1.165, 1.54) is 36.0 Å². The number of aromatic amines is 1. The van der Waals surface area contributed by atoms with Gasteiger partial charge < -0.3 is 4.98 Å². The molecule has 1 N–H and O–H groups in total. The van der Waals surface area contributed by atoms with Gasteiger partial charge in [-0.3, -0.25) is 4.90 Å². The minimum Gasteiger partial charge on any atom is -0.346 e. The highest BCUT2D eigenvalue weighted by molar-refractivity contribution is 5.91. The number of hydrogen-bond acceptors (Lipinski definition) is 2. The Hall–Kier alpha value is -1.61. The van der Waals surface area contributed by atoms with Crippen LogP contribution in [0, 0.1) is 5.92 Å². The van der Waals surface area contributed by atoms with E-state index in [2.05, 4.69) is 47.1 Å². The molecule has 0 spiro atoms. The number of nitrogens with one attached hydrogen (secondary N) is 1. The van der Waals surface area contributed by atoms with E-state index in [4.69, 9.17) is 0 Å². The van der Waals surface area contributed by atoms with Crippen molar-refractivity contribution in [3.63, 3.8) is 0 Å². The maximum atomic E-state index is 4.37. The summed E-state index contributed by atoms with van der Waals surface area (Å²) >= 11 is 0. The summed E-state index contributed by atoms with van der Waals surface area (Å²) in [4.78, 5) is 10.2. The van der Waals surface area contributed by atoms with Crippen molar-refractivity contribution in [2.45, 2.75) is 20.3 Å². The summed E-state index contributed by atoms with van der Waals surface area (Å²) in [6.07, 6.45) is 7.58. The van der Waals surface area contributed by atoms with E-state index in [0.29, 0.717) is 5.92 Å². The van der Waals surface area contributed by atoms with Crippen LogP contribution in [0.3, 0.4) is 0 Å². The summed E-state index contributed by atoms with van der Waals surface area (Å²) in [5, 5.41) is 1.24. The highest BCUT2D eigenvalue weighted by Crippen LogP contribution is 2.28. The van der Waals surface area contributed by atoms with E-state index in [0.717, 1.165) is 12.2 Å². The Bertz CT molecular complexity index is 597. The lowest BCUT2D eigenvalue weighted by Gasteiger charge is -2.30. The number of rotatable bonds is 3. The molecular weight excluding hydrogens is 234 g/mol. The summed E-state index contributed by atoms with van der Waals surface area (Å²) in [6, 6.07) is 4.16. The zero-order chi connectivity index (χ0) is 13.2. The van der Waals surface area contributed by atoms with E-state index in [-0.39, 0.29) is 0 Å². The van der Waals surface area contributed by atoms with Gasteiger partial charge in [-0.05, 0) is 36.6 Å². The van der Waals surface area contributed by atoms with Crippen LogP contribution in [0.1, 0.15) is 25.8 Å². The van der Waals surface area contributed by atoms with Crippen LogP contribution < -0.4 is 0 Å². The molecule has 3 heteroatoms. The maximum absolute atomic E-state index is 4.37. The fraction of sp³-hybridized carbons (Fsp3) is 0.438. The lowest BCUT2D eigenvalue weighted by Crippen LogP contribution is -2.34. The molecule has 2 aromatic heterocycles. The Balaban J connectivity index is 1.96. The first kappa shape index (κ1) is 12.4. The molecule has 3 rings (SSSR count). The topological polar surface area (TPSA) is 31.9 Å². The average molecular weight is 255 g/mol. The van der Waals surface area contributed by atoms with Gasteiger partial charge >= 0.3 is 0 Å². The van der Waals surface area contributed by atoms with Crippen LogP contribution in [0.2, 0.25) is 0 Å². The van der Waals surface area contributed by atoms with E-state index in [1.54, 1.807) is 0 Å². The smallest absolute Gasteiger partial charge is 0.137 e. The second-order valence-corrected chi connectivity index (χ2v) is 5.51. The van der Waals surface area contributed by atoms with Crippen LogP contribution >= 0.6 is 0 Å². The molecule has 1 aliphatic rings. The van der Waals surface area contributed by atoms with Crippen molar-refractivity contribution in [2.24, 2.45) is 5.92 Å². The maximum Gasteiger partial charge on any atom is 0.137 e. The fourth-order valence-corrected chi connectivity index (χ4v) is 3.04. The summed E-state index contributed by atoms with van der Waals surface area (Å²) in [6.45, 7) is 7.97. The molecule has 100 valence electrons. The third-order valence-corrected chi connectivity index (χ3v) is 3.76. The van der Waals surface area contributed by atoms with Crippen molar-refractivity contribution < 1.29 is 0 Å². The van der Waals surface area contributed by atoms with Crippen LogP contribution in [-0.4, -0.2) is 34.5 Å². The molecule has 19 heavy (non-hydrogen) atoms. The highest BCUT2D eigenvalue weighted by atomic mass is 15.1. The minimum atomic E-state index is 0.622. The summed E-state index contributed by atoms with van der Waals surface area (Å²) in [5.41, 5.74) is 3.74. The highest BCUT2D eigenvalue weighted by Gasteiger charge is 2.19. The lowest BCUT2D eigenvalue weighted by atomic mass is 9.96. The van der Waals surface area contributed by atoms with Crippen LogP contribution in [0.5, 0.6) is 0 Å². The van der Waals surface area contributed by atoms with Crippen molar-refractivity contribution in [3.8, 4) is 0 Å². The van der Waals surface area contributed by atoms with Crippen molar-refractivity contribution in [1.82, 2.24) is 14.9 Å². The molecule has 2 aromatic rings. The van der Waals surface area contributed by atoms with Gasteiger partial charge in [-0.15, -0.1) is 0 Å². The standard InChI is InChI=1S/C16H21N3/c1-3-7-19-10-12(2)8-13(11-19)15-9-18-16-14(15)5-4-6-17-16/h4-6,8-9,12H,3,7,10-11H2,1-2H3,(H,17,18). The van der Waals surface area contributed by atoms with Crippen molar-refractivity contribution in [1.29, 1.82) is 0 Å². The van der Waals surface area contributed by atoms with E-state index < -0.39 is 0 Å². The SMILES string of the molecule is CCCN1CC(c2c[nH]c3ncccc23)=CC(C)C1. The van der Waals surface area contributed by atoms with E-state index in [9.17, 15) is 0 Å². The quantitative estimate of drug-likeness (QED) is 0.912. The number of fused-ring (bicyclic) bond motifs is 1. The number of nitrogens with zero attached hydrogens (tertiary/aromatic N) is 2. The molecule has 1 unspecified atom stereocenters. The molecule has 0 amide bonds. The lowest BCUT2D eigenvalue weighted by molar-refractivity contribution is 0.273. The van der Waals surface area contributed by atoms with Gasteiger partial charge in [0, 0.05) is 36.4 Å². The van der Waals surface area contributed by atoms with Crippen molar-refractivity contribution in [3.05, 3.63) is 36.2 Å². The molecular formula is C16H21N3. The zero-order valence-electron chi connectivity index (χ0n) is 11.7. The number of H-pyrrole nitrogens is 1. The minimum absolute atomic E-state index is 0.622. The molecule has 3 nitrogen and oxygen atoms in total. The largest absolute Gasteiger partial charge is 0.346 e. The average Bonchev–Trinajstić information content (AvgIpc) is 2.82. The van der Waals surface area contributed by atoms with Crippen LogP contribution in [-0.2, 0) is 0 Å². The summed E-state index contributed by atoms with van der Waals surface area (Å²) in [5.74, 6) is 0.622. The van der Waals surface area contributed by atoms with Crippen molar-refractivity contribution >= 4 is 16.6 Å². The predicted molar refractivity (Wildman–Crippen MR) is 80.0 cm³/mol. The fourth-order valence-electron chi connectivity index (χ4n) is 3.04. The van der Waals surface area contributed by atoms with Gasteiger partial charge in [0.2, 0.25) is 0 Å². The molecule has 0 saturated carbocycles. The second kappa shape index (κ2) is 5.17. The van der Waals surface area contributed by atoms with Crippen LogP contribution in [0.4, 0.5) is 0 Å². The molecule has 0 bridgehead atoms. The van der Waals surface area contributed by atoms with Crippen molar-refractivity contribution in [2.75, 3.05) is 19.6 Å². The molecule has 0 aromatic carbocycles. The molecule has 0 aliphatic carbocycles. The van der Waals surface area contributed by atoms with Gasteiger partial charge in [-0.1, -0.05) is 19.9 Å². The first-order chi connectivity index (χ1) is 9.28. The second-order valence-electron chi connectivity index (χ2n) is 5.51. The summed E-state index contributed by atoms with van der Waals surface area (Å²) < 4.78 is 0. The van der Waals surface area contributed by atoms with E-state index >= 15 is 0 Å². The molecule has 0 radical (unpaired) electrons. The molecule has 0 fully saturated rings. The number of aromatic nitrogens is 2. The van der Waals surface area contributed by atoms with Crippen LogP contribution in [0.15, 0.2) is 30.6 Å². The molecule has 0 saturated heterocycles. The third kappa shape index (κ3) is 2.43. The van der Waals surface area contributed by atoms with Gasteiger partial charge in [-0.2, -0.15) is 0 Å². The zero-order valence-corrected chi connectivity index (χ0v) is 11.7. The number of hydrogen-bond donors (Lipinski definition) is 1. The Labute approximate surface area is 114 Å². The normalized spacial score (nSPS) is 20.7. The van der Waals surface area contributed by atoms with Gasteiger partial charge in [0.1, 0.15) is 5.65 Å². The molecule has 1 atom stereocenters. The Morgan fingerprint density at radius 2 is 2.37 bits per heavy atom. The van der Waals surface area contributed by atoms with Gasteiger partial charge in [0.15, 0.2) is 0 Å². The van der Waals surface area contributed by atoms with E-state index in [1.807, 2.05) is 12.3 Å². The van der Waals surface area contributed by atoms with Gasteiger partial charge in [0.25, 0.3) is 0 Å². The Kier molecular flexibility index (Phi) is 3.38. The van der Waals surface area contributed by atoms with Gasteiger partial charge in [0.05, 0.1) is 0 Å². The Morgan fingerprint density at radius 3 is 3.21 bits per heavy atom. The summed E-state index contributed by atoms with van der Waals surface area (Å²) in [7, 11) is 0. The molecule has 3 heterocycles. The first-order valence-electron chi connectivity index (χ1n) is 7.13. The third-order valence-electron chi connectivity index (χ3n) is 3.76. The van der Waals surface area contributed by atoms with Gasteiger partial charge in [-0.25, -0.2) is 4.98 Å². The molecule has 1 aliphatic heterocycles. The number of pyridine rings is 1. The monoisotopic (exact) mass is 255 g/mol.